The highest BCUT2D eigenvalue weighted by molar-refractivity contribution is 7.15. The number of carbonyl (C=O) groups is 1. The molecule has 0 fully saturated rings. The molecule has 7 heteroatoms. The molecule has 1 amide bonds. The van der Waals surface area contributed by atoms with Gasteiger partial charge in [0.05, 0.1) is 23.7 Å². The van der Waals surface area contributed by atoms with E-state index in [2.05, 4.69) is 15.3 Å². The molecule has 2 aromatic heterocycles. The molecule has 3 rings (SSSR count). The average Bonchev–Trinajstić information content (AvgIpc) is 3.04. The Morgan fingerprint density at radius 3 is 2.95 bits per heavy atom. The molecule has 0 aliphatic heterocycles. The molecule has 106 valence electrons. The first-order chi connectivity index (χ1) is 9.74. The monoisotopic (exact) mass is 327 g/mol. The molecular weight excluding hydrogens is 314 g/mol. The average molecular weight is 328 g/mol. The second kappa shape index (κ2) is 6.20. The predicted molar refractivity (Wildman–Crippen MR) is 82.8 cm³/mol. The van der Waals surface area contributed by atoms with Gasteiger partial charge in [0.25, 0.3) is 0 Å². The maximum absolute atomic E-state index is 12.0. The van der Waals surface area contributed by atoms with Gasteiger partial charge in [-0.15, -0.1) is 34.3 Å². The minimum absolute atomic E-state index is 0.0634. The second-order valence-electron chi connectivity index (χ2n) is 4.69. The van der Waals surface area contributed by atoms with Crippen molar-refractivity contribution in [2.75, 3.05) is 5.32 Å². The molecule has 1 aliphatic rings. The van der Waals surface area contributed by atoms with E-state index in [-0.39, 0.29) is 12.3 Å². The molecule has 1 aliphatic carbocycles. The van der Waals surface area contributed by atoms with E-state index in [1.807, 2.05) is 5.38 Å². The Hall–Kier alpha value is -0.980. The van der Waals surface area contributed by atoms with Gasteiger partial charge in [-0.2, -0.15) is 0 Å². The normalized spacial score (nSPS) is 14.1. The quantitative estimate of drug-likeness (QED) is 0.876. The Morgan fingerprint density at radius 2 is 2.20 bits per heavy atom. The summed E-state index contributed by atoms with van der Waals surface area (Å²) in [4.78, 5) is 22.1. The highest BCUT2D eigenvalue weighted by Crippen LogP contribution is 2.29. The summed E-state index contributed by atoms with van der Waals surface area (Å²) in [7, 11) is 0. The van der Waals surface area contributed by atoms with Gasteiger partial charge in [-0.05, 0) is 25.7 Å². The SMILES string of the molecule is O=C(Cc1nc(CCl)cs1)Nc1nc2c(s1)CCCC2. The van der Waals surface area contributed by atoms with Crippen molar-refractivity contribution in [3.8, 4) is 0 Å². The summed E-state index contributed by atoms with van der Waals surface area (Å²) in [5, 5.41) is 6.27. The molecule has 1 N–H and O–H groups in total. The molecule has 0 bridgehead atoms. The lowest BCUT2D eigenvalue weighted by molar-refractivity contribution is -0.115. The number of amides is 1. The topological polar surface area (TPSA) is 54.9 Å². The number of nitrogens with zero attached hydrogens (tertiary/aromatic N) is 2. The van der Waals surface area contributed by atoms with Gasteiger partial charge in [0.1, 0.15) is 5.01 Å². The molecule has 4 nitrogen and oxygen atoms in total. The molecular formula is C13H14ClN3OS2. The number of alkyl halides is 1. The van der Waals surface area contributed by atoms with Crippen LogP contribution >= 0.6 is 34.3 Å². The first-order valence-electron chi connectivity index (χ1n) is 6.52. The van der Waals surface area contributed by atoms with Gasteiger partial charge >= 0.3 is 0 Å². The van der Waals surface area contributed by atoms with Gasteiger partial charge in [0.2, 0.25) is 5.91 Å². The van der Waals surface area contributed by atoms with Crippen LogP contribution in [-0.2, 0) is 29.9 Å². The Morgan fingerprint density at radius 1 is 1.35 bits per heavy atom. The summed E-state index contributed by atoms with van der Waals surface area (Å²) in [6.45, 7) is 0. The molecule has 0 radical (unpaired) electrons. The first kappa shape index (κ1) is 14.0. The van der Waals surface area contributed by atoms with Gasteiger partial charge in [-0.1, -0.05) is 0 Å². The Labute approximate surface area is 130 Å². The number of carbonyl (C=O) groups excluding carboxylic acids is 1. The molecule has 0 aromatic carbocycles. The molecule has 0 spiro atoms. The first-order valence-corrected chi connectivity index (χ1v) is 8.75. The molecule has 0 atom stereocenters. The van der Waals surface area contributed by atoms with Crippen LogP contribution in [0.4, 0.5) is 5.13 Å². The molecule has 0 saturated carbocycles. The van der Waals surface area contributed by atoms with Gasteiger partial charge in [0, 0.05) is 10.3 Å². The van der Waals surface area contributed by atoms with E-state index in [9.17, 15) is 4.79 Å². The Bertz CT molecular complexity index is 599. The van der Waals surface area contributed by atoms with Gasteiger partial charge < -0.3 is 5.32 Å². The third kappa shape index (κ3) is 3.19. The summed E-state index contributed by atoms with van der Waals surface area (Å²) in [5.74, 6) is 0.323. The third-order valence-electron chi connectivity index (χ3n) is 3.14. The summed E-state index contributed by atoms with van der Waals surface area (Å²) in [5.41, 5.74) is 1.99. The third-order valence-corrected chi connectivity index (χ3v) is 5.38. The van der Waals surface area contributed by atoms with Crippen molar-refractivity contribution >= 4 is 45.3 Å². The van der Waals surface area contributed by atoms with E-state index in [1.165, 1.54) is 29.1 Å². The maximum Gasteiger partial charge on any atom is 0.233 e. The van der Waals surface area contributed by atoms with Gasteiger partial charge in [-0.25, -0.2) is 9.97 Å². The van der Waals surface area contributed by atoms with Crippen LogP contribution in [0.5, 0.6) is 0 Å². The van der Waals surface area contributed by atoms with E-state index in [0.717, 1.165) is 34.4 Å². The number of nitrogens with one attached hydrogen (secondary N) is 1. The summed E-state index contributed by atoms with van der Waals surface area (Å²) >= 11 is 8.77. The minimum atomic E-state index is -0.0634. The number of rotatable bonds is 4. The zero-order chi connectivity index (χ0) is 13.9. The van der Waals surface area contributed by atoms with Gasteiger partial charge in [-0.3, -0.25) is 4.79 Å². The van der Waals surface area contributed by atoms with Crippen molar-refractivity contribution in [3.63, 3.8) is 0 Å². The zero-order valence-corrected chi connectivity index (χ0v) is 13.2. The van der Waals surface area contributed by atoms with Crippen molar-refractivity contribution in [2.24, 2.45) is 0 Å². The van der Waals surface area contributed by atoms with E-state index in [4.69, 9.17) is 11.6 Å². The van der Waals surface area contributed by atoms with E-state index >= 15 is 0 Å². The van der Waals surface area contributed by atoms with Crippen molar-refractivity contribution in [2.45, 2.75) is 38.0 Å². The van der Waals surface area contributed by atoms with E-state index in [0.29, 0.717) is 5.88 Å². The van der Waals surface area contributed by atoms with Crippen LogP contribution in [0.1, 0.15) is 34.1 Å². The minimum Gasteiger partial charge on any atom is -0.302 e. The molecule has 2 heterocycles. The number of hydrogen-bond donors (Lipinski definition) is 1. The fourth-order valence-electron chi connectivity index (χ4n) is 2.20. The number of aromatic nitrogens is 2. The van der Waals surface area contributed by atoms with Crippen molar-refractivity contribution in [3.05, 3.63) is 26.7 Å². The van der Waals surface area contributed by atoms with Crippen LogP contribution < -0.4 is 5.32 Å². The second-order valence-corrected chi connectivity index (χ2v) is 6.98. The number of halogens is 1. The van der Waals surface area contributed by atoms with Crippen molar-refractivity contribution in [1.82, 2.24) is 9.97 Å². The van der Waals surface area contributed by atoms with Crippen LogP contribution in [0.25, 0.3) is 0 Å². The number of thiazole rings is 2. The van der Waals surface area contributed by atoms with Crippen LogP contribution in [0.2, 0.25) is 0 Å². The zero-order valence-electron chi connectivity index (χ0n) is 10.8. The fourth-order valence-corrected chi connectivity index (χ4v) is 4.28. The fraction of sp³-hybridized carbons (Fsp3) is 0.462. The number of fused-ring (bicyclic) bond motifs is 1. The highest BCUT2D eigenvalue weighted by Gasteiger charge is 2.16. The van der Waals surface area contributed by atoms with Crippen molar-refractivity contribution < 1.29 is 4.79 Å². The number of hydrogen-bond acceptors (Lipinski definition) is 5. The Kier molecular flexibility index (Phi) is 4.33. The lowest BCUT2D eigenvalue weighted by Gasteiger charge is -2.06. The number of aryl methyl sites for hydroxylation is 2. The summed E-state index contributed by atoms with van der Waals surface area (Å²) in [6.07, 6.45) is 4.83. The standard InChI is InChI=1S/C13H14ClN3OS2/c14-6-8-7-19-12(15-8)5-11(18)17-13-16-9-3-1-2-4-10(9)20-13/h7H,1-6H2,(H,16,17,18). The predicted octanol–water partition coefficient (Wildman–Crippen LogP) is 3.40. The Balaban J connectivity index is 1.62. The van der Waals surface area contributed by atoms with Crippen molar-refractivity contribution in [1.29, 1.82) is 0 Å². The summed E-state index contributed by atoms with van der Waals surface area (Å²) in [6, 6.07) is 0. The van der Waals surface area contributed by atoms with Gasteiger partial charge in [0.15, 0.2) is 5.13 Å². The maximum atomic E-state index is 12.0. The summed E-state index contributed by atoms with van der Waals surface area (Å²) < 4.78 is 0. The van der Waals surface area contributed by atoms with E-state index in [1.54, 1.807) is 11.3 Å². The van der Waals surface area contributed by atoms with Crippen LogP contribution in [-0.4, -0.2) is 15.9 Å². The highest BCUT2D eigenvalue weighted by atomic mass is 35.5. The number of anilines is 1. The largest absolute Gasteiger partial charge is 0.302 e. The lowest BCUT2D eigenvalue weighted by Crippen LogP contribution is -2.14. The molecule has 20 heavy (non-hydrogen) atoms. The van der Waals surface area contributed by atoms with Crippen LogP contribution in [0, 0.1) is 0 Å². The molecule has 0 unspecified atom stereocenters. The molecule has 2 aromatic rings. The van der Waals surface area contributed by atoms with E-state index < -0.39 is 0 Å². The van der Waals surface area contributed by atoms with Crippen LogP contribution in [0.15, 0.2) is 5.38 Å². The smallest absolute Gasteiger partial charge is 0.233 e. The molecule has 0 saturated heterocycles. The van der Waals surface area contributed by atoms with Crippen LogP contribution in [0.3, 0.4) is 0 Å². The lowest BCUT2D eigenvalue weighted by atomic mass is 10.0.